The zero-order chi connectivity index (χ0) is 21.6. The van der Waals surface area contributed by atoms with Gasteiger partial charge in [0, 0.05) is 12.6 Å². The Labute approximate surface area is 189 Å². The smallest absolute Gasteiger partial charge is 0.0991 e. The molecule has 0 aromatic heterocycles. The molecule has 4 aliphatic rings. The van der Waals surface area contributed by atoms with Gasteiger partial charge in [-0.3, -0.25) is 0 Å². The van der Waals surface area contributed by atoms with E-state index in [4.69, 9.17) is 5.26 Å². The summed E-state index contributed by atoms with van der Waals surface area (Å²) < 4.78 is 0. The molecule has 0 spiro atoms. The van der Waals surface area contributed by atoms with Crippen LogP contribution in [0.25, 0.3) is 0 Å². The predicted molar refractivity (Wildman–Crippen MR) is 127 cm³/mol. The first-order valence-electron chi connectivity index (χ1n) is 12.9. The minimum Gasteiger partial charge on any atom is -0.310 e. The first-order chi connectivity index (χ1) is 15.0. The molecule has 0 saturated heterocycles. The average Bonchev–Trinajstić information content (AvgIpc) is 3.14. The quantitative estimate of drug-likeness (QED) is 0.538. The minimum atomic E-state index is 0.513. The van der Waals surface area contributed by atoms with Crippen LogP contribution >= 0.6 is 0 Å². The van der Waals surface area contributed by atoms with Crippen LogP contribution in [0.1, 0.15) is 89.7 Å². The Balaban J connectivity index is 1.24. The van der Waals surface area contributed by atoms with Crippen LogP contribution in [0, 0.1) is 45.8 Å². The van der Waals surface area contributed by atoms with Crippen LogP contribution in [0.2, 0.25) is 0 Å². The van der Waals surface area contributed by atoms with Gasteiger partial charge < -0.3 is 5.32 Å². The second-order valence-corrected chi connectivity index (χ2v) is 11.6. The molecule has 4 saturated carbocycles. The summed E-state index contributed by atoms with van der Waals surface area (Å²) in [5.74, 6) is 3.77. The lowest BCUT2D eigenvalue weighted by Crippen LogP contribution is -2.54. The van der Waals surface area contributed by atoms with E-state index in [9.17, 15) is 0 Å². The number of nitriles is 1. The van der Waals surface area contributed by atoms with E-state index < -0.39 is 0 Å². The summed E-state index contributed by atoms with van der Waals surface area (Å²) >= 11 is 0. The number of rotatable bonds is 3. The van der Waals surface area contributed by atoms with Gasteiger partial charge >= 0.3 is 0 Å². The highest BCUT2D eigenvalue weighted by atomic mass is 14.9. The van der Waals surface area contributed by atoms with Crippen molar-refractivity contribution in [1.82, 2.24) is 5.32 Å². The molecule has 4 fully saturated rings. The van der Waals surface area contributed by atoms with Gasteiger partial charge in [-0.25, -0.2) is 0 Å². The summed E-state index contributed by atoms with van der Waals surface area (Å²) in [5.41, 5.74) is 4.90. The van der Waals surface area contributed by atoms with Crippen LogP contribution in [0.4, 0.5) is 0 Å². The lowest BCUT2D eigenvalue weighted by atomic mass is 9.45. The largest absolute Gasteiger partial charge is 0.310 e. The second-order valence-electron chi connectivity index (χ2n) is 11.6. The number of nitrogens with zero attached hydrogens (tertiary/aromatic N) is 1. The molecule has 7 atom stereocenters. The molecule has 2 nitrogen and oxygen atoms in total. The first-order valence-corrected chi connectivity index (χ1v) is 12.9. The lowest BCUT2D eigenvalue weighted by molar-refractivity contribution is -0.102. The molecule has 5 rings (SSSR count). The Morgan fingerprint density at radius 3 is 2.58 bits per heavy atom. The average molecular weight is 417 g/mol. The molecule has 166 valence electrons. The highest BCUT2D eigenvalue weighted by Gasteiger charge is 2.58. The van der Waals surface area contributed by atoms with E-state index in [2.05, 4.69) is 50.4 Å². The van der Waals surface area contributed by atoms with Crippen LogP contribution in [-0.4, -0.2) is 6.04 Å². The fraction of sp³-hybridized carbons (Fsp3) is 0.690. The topological polar surface area (TPSA) is 35.8 Å². The predicted octanol–water partition coefficient (Wildman–Crippen LogP) is 7.01. The van der Waals surface area contributed by atoms with E-state index in [1.807, 2.05) is 12.1 Å². The lowest BCUT2D eigenvalue weighted by Gasteiger charge is -2.60. The number of nitrogens with one attached hydrogen (secondary N) is 1. The highest BCUT2D eigenvalue weighted by molar-refractivity contribution is 5.31. The molecule has 2 heteroatoms. The van der Waals surface area contributed by atoms with Crippen LogP contribution in [-0.2, 0) is 6.54 Å². The van der Waals surface area contributed by atoms with Crippen molar-refractivity contribution < 1.29 is 0 Å². The molecule has 4 aliphatic carbocycles. The molecule has 1 aromatic carbocycles. The Morgan fingerprint density at radius 2 is 1.84 bits per heavy atom. The number of fused-ring (bicyclic) bond motifs is 5. The summed E-state index contributed by atoms with van der Waals surface area (Å²) in [6.45, 7) is 8.49. The van der Waals surface area contributed by atoms with Crippen molar-refractivity contribution >= 4 is 0 Å². The number of hydrogen-bond acceptors (Lipinski definition) is 2. The van der Waals surface area contributed by atoms with E-state index in [0.29, 0.717) is 16.9 Å². The van der Waals surface area contributed by atoms with Crippen LogP contribution in [0.3, 0.4) is 0 Å². The summed E-state index contributed by atoms with van der Waals surface area (Å²) in [6.07, 6.45) is 15.2. The molecule has 0 bridgehead atoms. The maximum atomic E-state index is 9.00. The third-order valence-corrected chi connectivity index (χ3v) is 10.5. The summed E-state index contributed by atoms with van der Waals surface area (Å²) in [4.78, 5) is 0. The Morgan fingerprint density at radius 1 is 1.03 bits per heavy atom. The van der Waals surface area contributed by atoms with Crippen LogP contribution < -0.4 is 5.32 Å². The molecule has 31 heavy (non-hydrogen) atoms. The Bertz CT molecular complexity index is 877. The molecule has 1 aromatic rings. The standard InChI is InChI=1S/C29H40N2/c1-4-22-10-12-26-25-11-9-23-17-24(31-19-21-7-5-20(18-30)6-8-21)13-15-29(23,3)27(25)14-16-28(22,26)2/h4-8,23-27,31H,9-17,19H2,1-3H3/b22-4-/t23?,24-,25+,26+,27+,28-,29+/m1/s1. The number of allylic oxidation sites excluding steroid dienone is 2. The fourth-order valence-electron chi connectivity index (χ4n) is 8.72. The summed E-state index contributed by atoms with van der Waals surface area (Å²) in [5, 5.41) is 12.9. The van der Waals surface area contributed by atoms with E-state index >= 15 is 0 Å². The van der Waals surface area contributed by atoms with E-state index in [1.54, 1.807) is 5.57 Å². The number of benzene rings is 1. The van der Waals surface area contributed by atoms with Gasteiger partial charge in [0.05, 0.1) is 11.6 Å². The molecule has 0 aliphatic heterocycles. The van der Waals surface area contributed by atoms with E-state index in [0.717, 1.165) is 35.8 Å². The Hall–Kier alpha value is -1.59. The molecule has 0 radical (unpaired) electrons. The molecular weight excluding hydrogens is 376 g/mol. The van der Waals surface area contributed by atoms with Gasteiger partial charge in [-0.05, 0) is 117 Å². The van der Waals surface area contributed by atoms with Gasteiger partial charge in [-0.15, -0.1) is 0 Å². The van der Waals surface area contributed by atoms with Crippen LogP contribution in [0.5, 0.6) is 0 Å². The Kier molecular flexibility index (Phi) is 5.54. The fourth-order valence-corrected chi connectivity index (χ4v) is 8.72. The monoisotopic (exact) mass is 416 g/mol. The van der Waals surface area contributed by atoms with Gasteiger partial charge in [0.1, 0.15) is 0 Å². The number of hydrogen-bond donors (Lipinski definition) is 1. The van der Waals surface area contributed by atoms with Crippen molar-refractivity contribution in [1.29, 1.82) is 5.26 Å². The van der Waals surface area contributed by atoms with Crippen molar-refractivity contribution in [2.75, 3.05) is 0 Å². The normalized spacial score (nSPS) is 43.0. The highest BCUT2D eigenvalue weighted by Crippen LogP contribution is 2.67. The van der Waals surface area contributed by atoms with Crippen molar-refractivity contribution in [3.8, 4) is 6.07 Å². The molecule has 0 amide bonds. The molecule has 1 unspecified atom stereocenters. The van der Waals surface area contributed by atoms with Gasteiger partial charge in [0.15, 0.2) is 0 Å². The second kappa shape index (κ2) is 8.08. The third kappa shape index (κ3) is 3.48. The van der Waals surface area contributed by atoms with Gasteiger partial charge in [-0.1, -0.05) is 37.6 Å². The summed E-state index contributed by atoms with van der Waals surface area (Å²) in [7, 11) is 0. The van der Waals surface area contributed by atoms with Crippen molar-refractivity contribution in [3.05, 3.63) is 47.0 Å². The maximum absolute atomic E-state index is 9.00. The van der Waals surface area contributed by atoms with Crippen molar-refractivity contribution in [2.45, 2.75) is 91.1 Å². The molecule has 1 N–H and O–H groups in total. The summed E-state index contributed by atoms with van der Waals surface area (Å²) in [6, 6.07) is 10.9. The van der Waals surface area contributed by atoms with Gasteiger partial charge in [0.25, 0.3) is 0 Å². The van der Waals surface area contributed by atoms with Crippen molar-refractivity contribution in [2.24, 2.45) is 34.5 Å². The van der Waals surface area contributed by atoms with Gasteiger partial charge in [0.2, 0.25) is 0 Å². The molecular formula is C29H40N2. The minimum absolute atomic E-state index is 0.513. The molecule has 0 heterocycles. The van der Waals surface area contributed by atoms with E-state index in [-0.39, 0.29) is 0 Å². The first kappa shape index (κ1) is 21.3. The van der Waals surface area contributed by atoms with Crippen molar-refractivity contribution in [3.63, 3.8) is 0 Å². The maximum Gasteiger partial charge on any atom is 0.0991 e. The SMILES string of the molecule is C/C=C1/CC[C@H]2[C@@H]3CCC4C[C@H](NCc5ccc(C#N)cc5)CC[C@]4(C)[C@H]3CC[C@]12C. The van der Waals surface area contributed by atoms with Gasteiger partial charge in [-0.2, -0.15) is 5.26 Å². The zero-order valence-electron chi connectivity index (χ0n) is 19.8. The van der Waals surface area contributed by atoms with Crippen LogP contribution in [0.15, 0.2) is 35.9 Å². The zero-order valence-corrected chi connectivity index (χ0v) is 19.8. The van der Waals surface area contributed by atoms with E-state index in [1.165, 1.54) is 63.4 Å². The third-order valence-electron chi connectivity index (χ3n) is 10.5.